The second kappa shape index (κ2) is 4.26. The topological polar surface area (TPSA) is 82.5 Å². The maximum absolute atomic E-state index is 10.9. The monoisotopic (exact) mass is 215 g/mol. The standard InChI is InChI=1S/C8H14N4O3/c1-5(13)7-8(9-6(2)14)15-10-12(7)11(3)4/h5,13H,1-4H3/p+1. The lowest BCUT2D eigenvalue weighted by Crippen LogP contribution is -2.57. The highest BCUT2D eigenvalue weighted by Crippen LogP contribution is 2.17. The molecule has 1 aromatic rings. The zero-order valence-electron chi connectivity index (χ0n) is 9.18. The molecule has 0 aliphatic heterocycles. The summed E-state index contributed by atoms with van der Waals surface area (Å²) in [6, 6.07) is 0. The summed E-state index contributed by atoms with van der Waals surface area (Å²) in [4.78, 5) is 12.2. The van der Waals surface area contributed by atoms with Crippen LogP contribution in [-0.2, 0) is 4.79 Å². The molecule has 1 heterocycles. The number of carbonyl (C=O) groups is 1. The first-order valence-electron chi connectivity index (χ1n) is 4.48. The number of aliphatic hydroxyl groups excluding tert-OH is 1. The second-order valence-electron chi connectivity index (χ2n) is 3.38. The molecular weight excluding hydrogens is 200 g/mol. The Morgan fingerprint density at radius 3 is 2.67 bits per heavy atom. The zero-order valence-corrected chi connectivity index (χ0v) is 9.18. The fraction of sp³-hybridized carbons (Fsp3) is 0.625. The second-order valence-corrected chi connectivity index (χ2v) is 3.38. The molecule has 0 aliphatic carbocycles. The van der Waals surface area contributed by atoms with Gasteiger partial charge in [-0.3, -0.25) is 14.6 Å². The van der Waals surface area contributed by atoms with Crippen LogP contribution in [0, 0.1) is 0 Å². The molecule has 0 bridgehead atoms. The van der Waals surface area contributed by atoms with Crippen molar-refractivity contribution in [2.75, 3.05) is 24.4 Å². The van der Waals surface area contributed by atoms with Gasteiger partial charge in [-0.2, -0.15) is 5.01 Å². The first kappa shape index (κ1) is 11.4. The molecule has 7 nitrogen and oxygen atoms in total. The van der Waals surface area contributed by atoms with Crippen LogP contribution in [0.4, 0.5) is 5.88 Å². The third-order valence-electron chi connectivity index (χ3n) is 1.72. The number of rotatable bonds is 3. The van der Waals surface area contributed by atoms with Crippen molar-refractivity contribution in [3.8, 4) is 0 Å². The molecule has 84 valence electrons. The molecule has 0 saturated heterocycles. The Kier molecular flexibility index (Phi) is 3.25. The van der Waals surface area contributed by atoms with Crippen molar-refractivity contribution in [1.82, 2.24) is 5.27 Å². The number of aliphatic hydroxyl groups is 1. The number of anilines is 1. The number of amides is 1. The van der Waals surface area contributed by atoms with Crippen LogP contribution < -0.4 is 15.1 Å². The molecule has 1 atom stereocenters. The van der Waals surface area contributed by atoms with E-state index in [4.69, 9.17) is 4.52 Å². The van der Waals surface area contributed by atoms with E-state index in [1.807, 2.05) is 0 Å². The third kappa shape index (κ3) is 2.44. The van der Waals surface area contributed by atoms with E-state index >= 15 is 0 Å². The predicted octanol–water partition coefficient (Wildman–Crippen LogP) is -0.829. The average Bonchev–Trinajstić information content (AvgIpc) is 2.46. The van der Waals surface area contributed by atoms with Crippen molar-refractivity contribution in [2.45, 2.75) is 20.0 Å². The van der Waals surface area contributed by atoms with E-state index < -0.39 is 6.10 Å². The lowest BCUT2D eigenvalue weighted by Gasteiger charge is -2.03. The Hall–Kier alpha value is -1.63. The highest BCUT2D eigenvalue weighted by Gasteiger charge is 2.31. The number of hydrogen-bond donors (Lipinski definition) is 2. The molecule has 1 rings (SSSR count). The fourth-order valence-corrected chi connectivity index (χ4v) is 1.15. The largest absolute Gasteiger partial charge is 0.382 e. The molecule has 1 unspecified atom stereocenters. The van der Waals surface area contributed by atoms with E-state index in [0.717, 1.165) is 0 Å². The van der Waals surface area contributed by atoms with Crippen LogP contribution in [0.2, 0.25) is 0 Å². The summed E-state index contributed by atoms with van der Waals surface area (Å²) in [5.41, 5.74) is 0.398. The number of hydrogen-bond acceptors (Lipinski definition) is 5. The van der Waals surface area contributed by atoms with Gasteiger partial charge in [0.2, 0.25) is 11.2 Å². The Labute approximate surface area is 87.2 Å². The van der Waals surface area contributed by atoms with Crippen LogP contribution in [0.25, 0.3) is 0 Å². The van der Waals surface area contributed by atoms with Gasteiger partial charge in [0, 0.05) is 6.92 Å². The molecule has 0 fully saturated rings. The molecule has 0 aromatic carbocycles. The zero-order chi connectivity index (χ0) is 11.6. The van der Waals surface area contributed by atoms with Gasteiger partial charge in [0.1, 0.15) is 6.10 Å². The summed E-state index contributed by atoms with van der Waals surface area (Å²) in [7, 11) is 3.48. The van der Waals surface area contributed by atoms with Crippen LogP contribution in [0.15, 0.2) is 4.52 Å². The maximum atomic E-state index is 10.9. The van der Waals surface area contributed by atoms with Crippen LogP contribution in [0.5, 0.6) is 0 Å². The van der Waals surface area contributed by atoms with E-state index in [9.17, 15) is 9.90 Å². The summed E-state index contributed by atoms with van der Waals surface area (Å²) in [6.45, 7) is 2.92. The molecular formula is C8H15N4O3+. The molecule has 2 N–H and O–H groups in total. The molecule has 1 aromatic heterocycles. The minimum absolute atomic E-state index is 0.159. The summed E-state index contributed by atoms with van der Waals surface area (Å²) < 4.78 is 4.91. The first-order valence-corrected chi connectivity index (χ1v) is 4.48. The van der Waals surface area contributed by atoms with Gasteiger partial charge in [-0.05, 0) is 6.92 Å². The Bertz CT molecular complexity index is 359. The number of carbonyl (C=O) groups excluding carboxylic acids is 1. The SMILES string of the molecule is CC(=O)Nc1on[n+](N(C)C)c1C(C)O. The van der Waals surface area contributed by atoms with E-state index in [1.165, 1.54) is 11.7 Å². The van der Waals surface area contributed by atoms with Gasteiger partial charge in [-0.25, -0.2) is 0 Å². The summed E-state index contributed by atoms with van der Waals surface area (Å²) in [5.74, 6) is -0.120. The summed E-state index contributed by atoms with van der Waals surface area (Å²) in [5, 5.41) is 17.3. The molecule has 7 heteroatoms. The van der Waals surface area contributed by atoms with Crippen molar-refractivity contribution < 1.29 is 19.2 Å². The van der Waals surface area contributed by atoms with Gasteiger partial charge < -0.3 is 5.11 Å². The van der Waals surface area contributed by atoms with E-state index in [1.54, 1.807) is 26.0 Å². The molecule has 0 spiro atoms. The van der Waals surface area contributed by atoms with Crippen molar-refractivity contribution in [2.24, 2.45) is 0 Å². The Morgan fingerprint density at radius 1 is 1.67 bits per heavy atom. The van der Waals surface area contributed by atoms with Gasteiger partial charge in [0.25, 0.3) is 0 Å². The lowest BCUT2D eigenvalue weighted by molar-refractivity contribution is -0.761. The molecule has 0 saturated carbocycles. The van der Waals surface area contributed by atoms with Crippen LogP contribution in [0.1, 0.15) is 25.6 Å². The minimum Gasteiger partial charge on any atom is -0.382 e. The van der Waals surface area contributed by atoms with Crippen molar-refractivity contribution in [3.63, 3.8) is 0 Å². The Morgan fingerprint density at radius 2 is 2.27 bits per heavy atom. The van der Waals surface area contributed by atoms with Gasteiger partial charge in [-0.15, -0.1) is 0 Å². The van der Waals surface area contributed by atoms with Gasteiger partial charge in [0.05, 0.1) is 18.9 Å². The number of nitrogens with zero attached hydrogens (tertiary/aromatic N) is 3. The van der Waals surface area contributed by atoms with E-state index in [-0.39, 0.29) is 11.8 Å². The third-order valence-corrected chi connectivity index (χ3v) is 1.72. The van der Waals surface area contributed by atoms with Gasteiger partial charge in [-0.1, -0.05) is 0 Å². The highest BCUT2D eigenvalue weighted by atomic mass is 16.5. The van der Waals surface area contributed by atoms with Crippen LogP contribution in [-0.4, -0.2) is 30.4 Å². The summed E-state index contributed by atoms with van der Waals surface area (Å²) >= 11 is 0. The number of aromatic nitrogens is 2. The van der Waals surface area contributed by atoms with E-state index in [2.05, 4.69) is 10.6 Å². The molecule has 15 heavy (non-hydrogen) atoms. The van der Waals surface area contributed by atoms with Crippen molar-refractivity contribution in [1.29, 1.82) is 0 Å². The average molecular weight is 215 g/mol. The summed E-state index contributed by atoms with van der Waals surface area (Å²) in [6.07, 6.45) is -0.791. The minimum atomic E-state index is -0.791. The normalized spacial score (nSPS) is 12.3. The van der Waals surface area contributed by atoms with E-state index in [0.29, 0.717) is 5.69 Å². The maximum Gasteiger partial charge on any atom is 0.336 e. The van der Waals surface area contributed by atoms with Crippen molar-refractivity contribution >= 4 is 11.8 Å². The highest BCUT2D eigenvalue weighted by molar-refractivity contribution is 5.87. The Balaban J connectivity index is 3.12. The number of nitrogens with one attached hydrogen (secondary N) is 1. The van der Waals surface area contributed by atoms with Gasteiger partial charge in [0.15, 0.2) is 0 Å². The quantitative estimate of drug-likeness (QED) is 0.643. The van der Waals surface area contributed by atoms with Crippen LogP contribution >= 0.6 is 0 Å². The molecule has 0 aliphatic rings. The molecule has 1 amide bonds. The lowest BCUT2D eigenvalue weighted by atomic mass is 10.3. The van der Waals surface area contributed by atoms with Crippen LogP contribution in [0.3, 0.4) is 0 Å². The van der Waals surface area contributed by atoms with Crippen molar-refractivity contribution in [3.05, 3.63) is 5.69 Å². The van der Waals surface area contributed by atoms with Gasteiger partial charge >= 0.3 is 11.6 Å². The fourth-order valence-electron chi connectivity index (χ4n) is 1.15. The first-order chi connectivity index (χ1) is 6.93. The smallest absolute Gasteiger partial charge is 0.336 e. The predicted molar refractivity (Wildman–Crippen MR) is 51.7 cm³/mol. The molecule has 0 radical (unpaired) electrons.